The summed E-state index contributed by atoms with van der Waals surface area (Å²) >= 11 is 0. The zero-order valence-electron chi connectivity index (χ0n) is 21.0. The monoisotopic (exact) mass is 481 g/mol. The first kappa shape index (κ1) is 24.4. The van der Waals surface area contributed by atoms with E-state index < -0.39 is 11.6 Å². The van der Waals surface area contributed by atoms with Gasteiger partial charge in [-0.3, -0.25) is 14.4 Å². The van der Waals surface area contributed by atoms with Crippen molar-refractivity contribution in [1.29, 1.82) is 0 Å². The highest BCUT2D eigenvalue weighted by Gasteiger charge is 2.52. The molecule has 7 nitrogen and oxygen atoms in total. The van der Waals surface area contributed by atoms with Crippen molar-refractivity contribution in [2.75, 3.05) is 32.8 Å². The van der Waals surface area contributed by atoms with Crippen LogP contribution in [0, 0.1) is 0 Å². The molecule has 0 bridgehead atoms. The third kappa shape index (κ3) is 4.90. The molecule has 0 aromatic heterocycles. The van der Waals surface area contributed by atoms with Crippen molar-refractivity contribution >= 4 is 17.6 Å². The van der Waals surface area contributed by atoms with E-state index in [1.54, 1.807) is 4.90 Å². The Morgan fingerprint density at radius 2 is 1.74 bits per heavy atom. The van der Waals surface area contributed by atoms with E-state index in [9.17, 15) is 14.4 Å². The summed E-state index contributed by atoms with van der Waals surface area (Å²) in [4.78, 5) is 43.8. The summed E-state index contributed by atoms with van der Waals surface area (Å²) in [6.45, 7) is 6.28. The van der Waals surface area contributed by atoms with Crippen LogP contribution in [0.4, 0.5) is 0 Å². The standard InChI is InChI=1S/C28H39N3O4/c1-2-15-30-16-10-21(11-17-30)20-6-8-22(9-7-20)26(33)29-28(13-4-3-5-14-28)27(34)31-18-12-24-25(31)23(32)19-35-24/h6-9,21,24-25H,2-5,10-19H2,1H3,(H,29,33)/t24-,25-/m1/s1. The second-order valence-electron chi connectivity index (χ2n) is 10.9. The first-order chi connectivity index (χ1) is 17.0. The maximum atomic E-state index is 13.8. The molecule has 1 aromatic carbocycles. The third-order valence-corrected chi connectivity index (χ3v) is 8.61. The molecule has 4 fully saturated rings. The van der Waals surface area contributed by atoms with Gasteiger partial charge in [0.05, 0.1) is 6.10 Å². The fourth-order valence-corrected chi connectivity index (χ4v) is 6.65. The van der Waals surface area contributed by atoms with Gasteiger partial charge in [0.1, 0.15) is 18.2 Å². The zero-order valence-corrected chi connectivity index (χ0v) is 21.0. The lowest BCUT2D eigenvalue weighted by Gasteiger charge is -2.40. The summed E-state index contributed by atoms with van der Waals surface area (Å²) in [5.74, 6) is 0.219. The molecule has 35 heavy (non-hydrogen) atoms. The fourth-order valence-electron chi connectivity index (χ4n) is 6.65. The van der Waals surface area contributed by atoms with Crippen LogP contribution in [0.15, 0.2) is 24.3 Å². The van der Waals surface area contributed by atoms with E-state index >= 15 is 0 Å². The Bertz CT molecular complexity index is 932. The molecule has 3 heterocycles. The lowest BCUT2D eigenvalue weighted by atomic mass is 9.80. The van der Waals surface area contributed by atoms with Crippen molar-refractivity contribution in [2.24, 2.45) is 0 Å². The number of carbonyl (C=O) groups is 3. The van der Waals surface area contributed by atoms with Crippen molar-refractivity contribution in [3.05, 3.63) is 35.4 Å². The van der Waals surface area contributed by atoms with Crippen LogP contribution in [0.5, 0.6) is 0 Å². The number of hydrogen-bond donors (Lipinski definition) is 1. The molecule has 2 amide bonds. The van der Waals surface area contributed by atoms with Gasteiger partial charge in [0, 0.05) is 12.1 Å². The number of rotatable bonds is 6. The Hall–Kier alpha value is -2.25. The van der Waals surface area contributed by atoms with Gasteiger partial charge in [0.2, 0.25) is 5.91 Å². The van der Waals surface area contributed by atoms with Crippen molar-refractivity contribution in [2.45, 2.75) is 88.3 Å². The van der Waals surface area contributed by atoms with Crippen molar-refractivity contribution < 1.29 is 19.1 Å². The van der Waals surface area contributed by atoms with Crippen LogP contribution in [0.25, 0.3) is 0 Å². The third-order valence-electron chi connectivity index (χ3n) is 8.61. The maximum Gasteiger partial charge on any atom is 0.252 e. The molecule has 5 rings (SSSR count). The topological polar surface area (TPSA) is 79.0 Å². The molecule has 0 spiro atoms. The summed E-state index contributed by atoms with van der Waals surface area (Å²) in [6.07, 6.45) is 8.10. The van der Waals surface area contributed by atoms with Gasteiger partial charge < -0.3 is 19.9 Å². The predicted octanol–water partition coefficient (Wildman–Crippen LogP) is 3.28. The first-order valence-electron chi connectivity index (χ1n) is 13.6. The molecule has 4 aliphatic rings. The number of carbonyl (C=O) groups excluding carboxylic acids is 3. The lowest BCUT2D eigenvalue weighted by molar-refractivity contribution is -0.143. The highest BCUT2D eigenvalue weighted by atomic mass is 16.5. The average molecular weight is 482 g/mol. The predicted molar refractivity (Wildman–Crippen MR) is 133 cm³/mol. The van der Waals surface area contributed by atoms with Gasteiger partial charge in [-0.2, -0.15) is 0 Å². The summed E-state index contributed by atoms with van der Waals surface area (Å²) < 4.78 is 5.59. The summed E-state index contributed by atoms with van der Waals surface area (Å²) in [5.41, 5.74) is 0.955. The molecule has 0 unspecified atom stereocenters. The van der Waals surface area contributed by atoms with Crippen LogP contribution in [-0.2, 0) is 14.3 Å². The number of amides is 2. The normalized spacial score (nSPS) is 27.1. The molecule has 0 radical (unpaired) electrons. The first-order valence-corrected chi connectivity index (χ1v) is 13.6. The fraction of sp³-hybridized carbons (Fsp3) is 0.679. The van der Waals surface area contributed by atoms with Crippen molar-refractivity contribution in [1.82, 2.24) is 15.1 Å². The number of ether oxygens (including phenoxy) is 1. The summed E-state index contributed by atoms with van der Waals surface area (Å²) in [6, 6.07) is 7.50. The van der Waals surface area contributed by atoms with Gasteiger partial charge in [-0.05, 0) is 81.8 Å². The number of Topliss-reactive ketones (excluding diaryl/α,β-unsaturated/α-hetero) is 1. The van der Waals surface area contributed by atoms with Crippen LogP contribution < -0.4 is 5.32 Å². The van der Waals surface area contributed by atoms with Gasteiger partial charge in [-0.25, -0.2) is 0 Å². The quantitative estimate of drug-likeness (QED) is 0.675. The van der Waals surface area contributed by atoms with Crippen molar-refractivity contribution in [3.63, 3.8) is 0 Å². The zero-order chi connectivity index (χ0) is 24.4. The number of hydrogen-bond acceptors (Lipinski definition) is 5. The van der Waals surface area contributed by atoms with E-state index in [0.717, 1.165) is 45.2 Å². The summed E-state index contributed by atoms with van der Waals surface area (Å²) in [7, 11) is 0. The van der Waals surface area contributed by atoms with Gasteiger partial charge in [0.25, 0.3) is 5.91 Å². The molecule has 2 atom stereocenters. The average Bonchev–Trinajstić information content (AvgIpc) is 3.48. The van der Waals surface area contributed by atoms with E-state index in [-0.39, 0.29) is 30.3 Å². The van der Waals surface area contributed by atoms with E-state index in [2.05, 4.69) is 29.3 Å². The molecular weight excluding hydrogens is 442 g/mol. The van der Waals surface area contributed by atoms with Crippen molar-refractivity contribution in [3.8, 4) is 0 Å². The molecule has 1 aromatic rings. The van der Waals surface area contributed by atoms with Gasteiger partial charge in [-0.15, -0.1) is 0 Å². The minimum atomic E-state index is -0.933. The molecule has 1 aliphatic carbocycles. The number of likely N-dealkylation sites (tertiary alicyclic amines) is 2. The van der Waals surface area contributed by atoms with Crippen LogP contribution in [0.1, 0.15) is 86.6 Å². The highest BCUT2D eigenvalue weighted by molar-refractivity contribution is 6.01. The summed E-state index contributed by atoms with van der Waals surface area (Å²) in [5, 5.41) is 3.15. The molecule has 190 valence electrons. The number of benzene rings is 1. The number of fused-ring (bicyclic) bond motifs is 1. The van der Waals surface area contributed by atoms with Crippen LogP contribution in [-0.4, -0.2) is 77.9 Å². The van der Waals surface area contributed by atoms with Gasteiger partial charge >= 0.3 is 0 Å². The SMILES string of the molecule is CCCN1CCC(c2ccc(C(=O)NC3(C(=O)N4CC[C@H]5OCC(=O)[C@H]54)CCCCC3)cc2)CC1. The van der Waals surface area contributed by atoms with E-state index in [0.29, 0.717) is 37.3 Å². The molecule has 1 saturated carbocycles. The highest BCUT2D eigenvalue weighted by Crippen LogP contribution is 2.35. The Labute approximate surface area is 208 Å². The molecular formula is C28H39N3O4. The van der Waals surface area contributed by atoms with E-state index in [1.165, 1.54) is 18.5 Å². The van der Waals surface area contributed by atoms with E-state index in [4.69, 9.17) is 4.74 Å². The van der Waals surface area contributed by atoms with Gasteiger partial charge in [0.15, 0.2) is 5.78 Å². The Kier molecular flexibility index (Phi) is 7.26. The minimum absolute atomic E-state index is 0.0192. The number of ketones is 1. The van der Waals surface area contributed by atoms with Crippen LogP contribution in [0.3, 0.4) is 0 Å². The number of piperidine rings is 1. The Balaban J connectivity index is 1.27. The second-order valence-corrected chi connectivity index (χ2v) is 10.9. The maximum absolute atomic E-state index is 13.8. The smallest absolute Gasteiger partial charge is 0.252 e. The lowest BCUT2D eigenvalue weighted by Crippen LogP contribution is -2.62. The molecule has 3 saturated heterocycles. The number of nitrogens with one attached hydrogen (secondary N) is 1. The Morgan fingerprint density at radius 1 is 1.03 bits per heavy atom. The van der Waals surface area contributed by atoms with Gasteiger partial charge in [-0.1, -0.05) is 38.3 Å². The Morgan fingerprint density at radius 3 is 2.43 bits per heavy atom. The molecule has 1 N–H and O–H groups in total. The largest absolute Gasteiger partial charge is 0.368 e. The molecule has 3 aliphatic heterocycles. The molecule has 7 heteroatoms. The minimum Gasteiger partial charge on any atom is -0.368 e. The number of nitrogens with zero attached hydrogens (tertiary/aromatic N) is 2. The second kappa shape index (κ2) is 10.4. The van der Waals surface area contributed by atoms with Crippen LogP contribution >= 0.6 is 0 Å². The van der Waals surface area contributed by atoms with E-state index in [1.807, 2.05) is 12.1 Å². The van der Waals surface area contributed by atoms with Crippen LogP contribution in [0.2, 0.25) is 0 Å².